The van der Waals surface area contributed by atoms with Crippen LogP contribution in [0.2, 0.25) is 10.0 Å². The molecule has 2 N–H and O–H groups in total. The number of hydrogen-bond acceptors (Lipinski definition) is 5. The number of carbonyl (C=O) groups is 2. The zero-order chi connectivity index (χ0) is 21.8. The number of esters is 1. The first kappa shape index (κ1) is 21.8. The number of amides is 2. The monoisotopic (exact) mass is 450 g/mol. The van der Waals surface area contributed by atoms with Gasteiger partial charge in [0.25, 0.3) is 0 Å². The lowest BCUT2D eigenvalue weighted by molar-refractivity contribution is -0.136. The largest absolute Gasteiger partial charge is 0.497 e. The molecule has 1 heterocycles. The van der Waals surface area contributed by atoms with E-state index in [0.717, 1.165) is 0 Å². The highest BCUT2D eigenvalue weighted by atomic mass is 35.5. The summed E-state index contributed by atoms with van der Waals surface area (Å²) in [6, 6.07) is 8.80. The Morgan fingerprint density at radius 3 is 2.27 bits per heavy atom. The molecule has 2 aromatic carbocycles. The summed E-state index contributed by atoms with van der Waals surface area (Å²) in [5, 5.41) is 5.96. The summed E-state index contributed by atoms with van der Waals surface area (Å²) in [6.07, 6.45) is 0. The third-order valence-corrected chi connectivity index (χ3v) is 5.06. The lowest BCUT2D eigenvalue weighted by Gasteiger charge is -2.29. The summed E-state index contributed by atoms with van der Waals surface area (Å²) in [7, 11) is 2.82. The van der Waals surface area contributed by atoms with Crippen LogP contribution in [0.5, 0.6) is 11.5 Å². The number of benzene rings is 2. The fourth-order valence-corrected chi connectivity index (χ4v) is 3.77. The molecule has 7 nitrogen and oxygen atoms in total. The molecule has 0 aromatic heterocycles. The smallest absolute Gasteiger partial charge is 0.338 e. The number of rotatable bonds is 6. The molecule has 0 bridgehead atoms. The molecule has 1 aliphatic heterocycles. The second kappa shape index (κ2) is 9.28. The van der Waals surface area contributed by atoms with E-state index in [9.17, 15) is 9.59 Å². The zero-order valence-corrected chi connectivity index (χ0v) is 18.1. The van der Waals surface area contributed by atoms with E-state index in [0.29, 0.717) is 34.9 Å². The summed E-state index contributed by atoms with van der Waals surface area (Å²) in [5.41, 5.74) is 1.65. The van der Waals surface area contributed by atoms with Gasteiger partial charge in [0, 0.05) is 0 Å². The van der Waals surface area contributed by atoms with Crippen molar-refractivity contribution in [3.05, 3.63) is 63.1 Å². The quantitative estimate of drug-likeness (QED) is 0.639. The van der Waals surface area contributed by atoms with Crippen molar-refractivity contribution in [2.75, 3.05) is 20.8 Å². The molecule has 2 amide bonds. The molecular weight excluding hydrogens is 431 g/mol. The summed E-state index contributed by atoms with van der Waals surface area (Å²) in [5.74, 6) is 0.365. The molecule has 0 spiro atoms. The second-order valence-corrected chi connectivity index (χ2v) is 7.10. The van der Waals surface area contributed by atoms with E-state index >= 15 is 0 Å². The Balaban J connectivity index is 2.17. The van der Waals surface area contributed by atoms with Gasteiger partial charge in [0.05, 0.1) is 48.2 Å². The maximum absolute atomic E-state index is 12.7. The van der Waals surface area contributed by atoms with Crippen molar-refractivity contribution in [1.29, 1.82) is 0 Å². The van der Waals surface area contributed by atoms with Gasteiger partial charge in [0.15, 0.2) is 5.75 Å². The molecule has 1 unspecified atom stereocenters. The Morgan fingerprint density at radius 2 is 1.73 bits per heavy atom. The fraction of sp³-hybridized carbons (Fsp3) is 0.238. The van der Waals surface area contributed by atoms with Crippen LogP contribution in [0.1, 0.15) is 24.1 Å². The molecule has 2 aromatic rings. The first-order chi connectivity index (χ1) is 14.4. The van der Waals surface area contributed by atoms with Gasteiger partial charge in [0.2, 0.25) is 0 Å². The summed E-state index contributed by atoms with van der Waals surface area (Å²) >= 11 is 12.7. The first-order valence-electron chi connectivity index (χ1n) is 9.05. The van der Waals surface area contributed by atoms with Crippen LogP contribution in [0.3, 0.4) is 0 Å². The standard InChI is InChI=1S/C21H20Cl2N2O5/c1-4-30-19-14(22)9-12(10-15(19)23)18-16(20(26)29-3)17(24-21(27)25-18)11-5-7-13(28-2)8-6-11/h5-10,18H,4H2,1-3H3,(H2,24,25,27). The molecule has 0 fully saturated rings. The molecule has 30 heavy (non-hydrogen) atoms. The zero-order valence-electron chi connectivity index (χ0n) is 16.5. The van der Waals surface area contributed by atoms with Gasteiger partial charge in [-0.3, -0.25) is 0 Å². The van der Waals surface area contributed by atoms with Gasteiger partial charge in [-0.25, -0.2) is 9.59 Å². The number of hydrogen-bond donors (Lipinski definition) is 2. The third kappa shape index (κ3) is 4.32. The van der Waals surface area contributed by atoms with Crippen molar-refractivity contribution in [3.8, 4) is 11.5 Å². The van der Waals surface area contributed by atoms with Gasteiger partial charge in [-0.05, 0) is 54.4 Å². The molecule has 9 heteroatoms. The van der Waals surface area contributed by atoms with E-state index in [1.165, 1.54) is 7.11 Å². The molecule has 158 valence electrons. The van der Waals surface area contributed by atoms with E-state index in [1.807, 2.05) is 6.92 Å². The minimum Gasteiger partial charge on any atom is -0.497 e. The van der Waals surface area contributed by atoms with Crippen LogP contribution < -0.4 is 20.1 Å². The normalized spacial score (nSPS) is 15.9. The van der Waals surface area contributed by atoms with Gasteiger partial charge in [0.1, 0.15) is 5.75 Å². The van der Waals surface area contributed by atoms with E-state index in [-0.39, 0.29) is 15.6 Å². The number of carbonyl (C=O) groups excluding carboxylic acids is 2. The lowest BCUT2D eigenvalue weighted by Crippen LogP contribution is -2.45. The molecule has 1 aliphatic rings. The molecule has 0 saturated heterocycles. The van der Waals surface area contributed by atoms with Crippen LogP contribution in [0.4, 0.5) is 4.79 Å². The minimum absolute atomic E-state index is 0.207. The number of halogens is 2. The van der Waals surface area contributed by atoms with Crippen molar-refractivity contribution < 1.29 is 23.8 Å². The Hall–Kier alpha value is -2.90. The highest BCUT2D eigenvalue weighted by molar-refractivity contribution is 6.37. The third-order valence-electron chi connectivity index (χ3n) is 4.50. The van der Waals surface area contributed by atoms with Crippen LogP contribution in [0, 0.1) is 0 Å². The molecular formula is C21H20Cl2N2O5. The van der Waals surface area contributed by atoms with E-state index in [1.54, 1.807) is 43.5 Å². The number of ether oxygens (including phenoxy) is 3. The van der Waals surface area contributed by atoms with E-state index < -0.39 is 18.0 Å². The molecule has 0 aliphatic carbocycles. The van der Waals surface area contributed by atoms with Gasteiger partial charge in [-0.2, -0.15) is 0 Å². The van der Waals surface area contributed by atoms with Crippen molar-refractivity contribution in [2.45, 2.75) is 13.0 Å². The van der Waals surface area contributed by atoms with Crippen LogP contribution in [-0.4, -0.2) is 32.8 Å². The van der Waals surface area contributed by atoms with Crippen LogP contribution in [0.15, 0.2) is 42.0 Å². The summed E-state index contributed by atoms with van der Waals surface area (Å²) in [6.45, 7) is 2.20. The number of nitrogens with one attached hydrogen (secondary N) is 2. The molecule has 3 rings (SSSR count). The minimum atomic E-state index is -0.839. The number of methoxy groups -OCH3 is 2. The topological polar surface area (TPSA) is 85.9 Å². The highest BCUT2D eigenvalue weighted by Crippen LogP contribution is 2.39. The van der Waals surface area contributed by atoms with Crippen LogP contribution >= 0.6 is 23.2 Å². The maximum Gasteiger partial charge on any atom is 0.338 e. The maximum atomic E-state index is 12.7. The van der Waals surface area contributed by atoms with Crippen LogP contribution in [0.25, 0.3) is 5.70 Å². The van der Waals surface area contributed by atoms with Gasteiger partial charge >= 0.3 is 12.0 Å². The van der Waals surface area contributed by atoms with Crippen molar-refractivity contribution in [3.63, 3.8) is 0 Å². The SMILES string of the molecule is CCOc1c(Cl)cc(C2NC(=O)NC(c3ccc(OC)cc3)=C2C(=O)OC)cc1Cl. The van der Waals surface area contributed by atoms with E-state index in [2.05, 4.69) is 10.6 Å². The molecule has 1 atom stereocenters. The number of urea groups is 1. The van der Waals surface area contributed by atoms with Crippen molar-refractivity contribution >= 4 is 40.9 Å². The summed E-state index contributed by atoms with van der Waals surface area (Å²) < 4.78 is 15.6. The predicted octanol–water partition coefficient (Wildman–Crippen LogP) is 4.34. The van der Waals surface area contributed by atoms with Crippen molar-refractivity contribution in [2.24, 2.45) is 0 Å². The Labute approximate surface area is 183 Å². The Bertz CT molecular complexity index is 982. The molecule has 0 saturated carbocycles. The highest BCUT2D eigenvalue weighted by Gasteiger charge is 2.35. The average molecular weight is 451 g/mol. The second-order valence-electron chi connectivity index (χ2n) is 6.29. The fourth-order valence-electron chi connectivity index (χ4n) is 3.16. The van der Waals surface area contributed by atoms with E-state index in [4.69, 9.17) is 37.4 Å². The van der Waals surface area contributed by atoms with Gasteiger partial charge in [-0.1, -0.05) is 23.2 Å². The Kier molecular flexibility index (Phi) is 6.74. The first-order valence-corrected chi connectivity index (χ1v) is 9.81. The van der Waals surface area contributed by atoms with Crippen LogP contribution in [-0.2, 0) is 9.53 Å². The lowest BCUT2D eigenvalue weighted by atomic mass is 9.92. The Morgan fingerprint density at radius 1 is 1.10 bits per heavy atom. The predicted molar refractivity (Wildman–Crippen MR) is 114 cm³/mol. The molecule has 0 radical (unpaired) electrons. The summed E-state index contributed by atoms with van der Waals surface area (Å²) in [4.78, 5) is 25.1. The van der Waals surface area contributed by atoms with Crippen molar-refractivity contribution in [1.82, 2.24) is 10.6 Å². The average Bonchev–Trinajstić information content (AvgIpc) is 2.75. The van der Waals surface area contributed by atoms with Gasteiger partial charge < -0.3 is 24.8 Å². The van der Waals surface area contributed by atoms with Gasteiger partial charge in [-0.15, -0.1) is 0 Å².